The highest BCUT2D eigenvalue weighted by Gasteiger charge is 2.29. The fourth-order valence-electron chi connectivity index (χ4n) is 2.45. The summed E-state index contributed by atoms with van der Waals surface area (Å²) in [5.74, 6) is 0.261. The molecule has 0 saturated heterocycles. The number of ether oxygens (including phenoxy) is 1. The van der Waals surface area contributed by atoms with Gasteiger partial charge in [-0.25, -0.2) is 0 Å². The number of aromatic nitrogens is 1. The van der Waals surface area contributed by atoms with Crippen molar-refractivity contribution < 1.29 is 9.53 Å². The number of fused-ring (bicyclic) bond motifs is 1. The largest absolute Gasteiger partial charge is 0.485 e. The number of para-hydroxylation sites is 1. The zero-order chi connectivity index (χ0) is 15.9. The van der Waals surface area contributed by atoms with Crippen molar-refractivity contribution in [1.29, 1.82) is 0 Å². The molecule has 1 aromatic heterocycles. The molecule has 0 bridgehead atoms. The second kappa shape index (κ2) is 5.50. The maximum absolute atomic E-state index is 12.8. The van der Waals surface area contributed by atoms with Crippen molar-refractivity contribution in [1.82, 2.24) is 4.57 Å². The molecule has 1 aromatic carbocycles. The van der Waals surface area contributed by atoms with E-state index in [0.717, 1.165) is 0 Å². The van der Waals surface area contributed by atoms with Crippen LogP contribution < -0.4 is 15.2 Å². The summed E-state index contributed by atoms with van der Waals surface area (Å²) >= 11 is 6.15. The Kier molecular flexibility index (Phi) is 3.66. The van der Waals surface area contributed by atoms with Crippen molar-refractivity contribution in [2.75, 3.05) is 11.4 Å². The van der Waals surface area contributed by atoms with E-state index in [-0.39, 0.29) is 17.6 Å². The molecule has 0 fully saturated rings. The van der Waals surface area contributed by atoms with E-state index in [1.807, 2.05) is 6.92 Å². The van der Waals surface area contributed by atoms with E-state index in [1.165, 1.54) is 10.6 Å². The summed E-state index contributed by atoms with van der Waals surface area (Å²) < 4.78 is 7.15. The van der Waals surface area contributed by atoms with Crippen LogP contribution >= 0.6 is 11.6 Å². The predicted molar refractivity (Wildman–Crippen MR) is 84.9 cm³/mol. The molecule has 0 unspecified atom stereocenters. The van der Waals surface area contributed by atoms with Crippen LogP contribution in [0, 0.1) is 0 Å². The van der Waals surface area contributed by atoms with Crippen LogP contribution in [0.1, 0.15) is 17.3 Å². The van der Waals surface area contributed by atoms with E-state index >= 15 is 0 Å². The van der Waals surface area contributed by atoms with Crippen LogP contribution in [-0.4, -0.2) is 23.1 Å². The van der Waals surface area contributed by atoms with E-state index in [4.69, 9.17) is 16.3 Å². The van der Waals surface area contributed by atoms with Crippen molar-refractivity contribution >= 4 is 23.2 Å². The van der Waals surface area contributed by atoms with Gasteiger partial charge in [-0.05, 0) is 25.1 Å². The van der Waals surface area contributed by atoms with Gasteiger partial charge in [0.25, 0.3) is 11.5 Å². The number of halogens is 1. The van der Waals surface area contributed by atoms with Gasteiger partial charge in [0.2, 0.25) is 0 Å². The maximum atomic E-state index is 12.8. The summed E-state index contributed by atoms with van der Waals surface area (Å²) in [6.45, 7) is 2.28. The lowest BCUT2D eigenvalue weighted by Crippen LogP contribution is -2.42. The van der Waals surface area contributed by atoms with Crippen LogP contribution in [0.15, 0.2) is 41.3 Å². The average molecular weight is 319 g/mol. The SMILES string of the molecule is C[C@H]1CN(C(=O)c2ccn(C)c(=O)c2)c2cccc(Cl)c2O1. The first-order valence-corrected chi connectivity index (χ1v) is 7.29. The summed E-state index contributed by atoms with van der Waals surface area (Å²) in [4.78, 5) is 26.1. The molecule has 6 heteroatoms. The number of benzene rings is 1. The first-order chi connectivity index (χ1) is 10.5. The smallest absolute Gasteiger partial charge is 0.258 e. The molecule has 22 heavy (non-hydrogen) atoms. The summed E-state index contributed by atoms with van der Waals surface area (Å²) in [6, 6.07) is 8.25. The van der Waals surface area contributed by atoms with Gasteiger partial charge in [0.05, 0.1) is 17.3 Å². The Bertz CT molecular complexity index is 800. The maximum Gasteiger partial charge on any atom is 0.258 e. The Morgan fingerprint density at radius 3 is 2.86 bits per heavy atom. The predicted octanol–water partition coefficient (Wildman–Crippen LogP) is 2.47. The first kappa shape index (κ1) is 14.7. The first-order valence-electron chi connectivity index (χ1n) is 6.91. The van der Waals surface area contributed by atoms with Gasteiger partial charge >= 0.3 is 0 Å². The second-order valence-electron chi connectivity index (χ2n) is 5.30. The lowest BCUT2D eigenvalue weighted by Gasteiger charge is -2.33. The highest BCUT2D eigenvalue weighted by Crippen LogP contribution is 2.39. The van der Waals surface area contributed by atoms with Crippen molar-refractivity contribution in [3.63, 3.8) is 0 Å². The van der Waals surface area contributed by atoms with Crippen LogP contribution in [0.2, 0.25) is 5.02 Å². The summed E-state index contributed by atoms with van der Waals surface area (Å²) in [7, 11) is 1.64. The lowest BCUT2D eigenvalue weighted by atomic mass is 10.1. The molecule has 0 spiro atoms. The number of nitrogens with zero attached hydrogens (tertiary/aromatic N) is 2. The van der Waals surface area contributed by atoms with Crippen LogP contribution in [0.4, 0.5) is 5.69 Å². The fourth-order valence-corrected chi connectivity index (χ4v) is 2.66. The van der Waals surface area contributed by atoms with Gasteiger partial charge < -0.3 is 14.2 Å². The number of hydrogen-bond donors (Lipinski definition) is 0. The Morgan fingerprint density at radius 2 is 2.14 bits per heavy atom. The van der Waals surface area contributed by atoms with Crippen molar-refractivity contribution in [3.8, 4) is 5.75 Å². The number of rotatable bonds is 1. The van der Waals surface area contributed by atoms with Crippen molar-refractivity contribution in [2.24, 2.45) is 7.05 Å². The molecule has 0 aliphatic carbocycles. The number of carbonyl (C=O) groups is 1. The minimum atomic E-state index is -0.239. The Labute approximate surface area is 132 Å². The zero-order valence-electron chi connectivity index (χ0n) is 12.2. The standard InChI is InChI=1S/C16H15ClN2O3/c1-10-9-19(13-5-3-4-12(17)15(13)22-10)16(21)11-6-7-18(2)14(20)8-11/h3-8,10H,9H2,1-2H3/t10-/m0/s1. The number of aryl methyl sites for hydroxylation is 1. The van der Waals surface area contributed by atoms with E-state index in [9.17, 15) is 9.59 Å². The van der Waals surface area contributed by atoms with Gasteiger partial charge in [-0.3, -0.25) is 9.59 Å². The van der Waals surface area contributed by atoms with Crippen LogP contribution in [-0.2, 0) is 7.05 Å². The summed E-state index contributed by atoms with van der Waals surface area (Å²) in [6.07, 6.45) is 1.40. The molecular formula is C16H15ClN2O3. The molecule has 3 rings (SSSR count). The molecule has 114 valence electrons. The number of anilines is 1. The third kappa shape index (κ3) is 2.48. The topological polar surface area (TPSA) is 51.5 Å². The highest BCUT2D eigenvalue weighted by molar-refractivity contribution is 6.32. The second-order valence-corrected chi connectivity index (χ2v) is 5.70. The molecule has 0 saturated carbocycles. The summed E-state index contributed by atoms with van der Waals surface area (Å²) in [5.41, 5.74) is 0.748. The lowest BCUT2D eigenvalue weighted by molar-refractivity contribution is 0.0961. The molecule has 2 heterocycles. The van der Waals surface area contributed by atoms with Gasteiger partial charge in [-0.15, -0.1) is 0 Å². The van der Waals surface area contributed by atoms with Crippen LogP contribution in [0.25, 0.3) is 0 Å². The molecule has 1 aliphatic rings. The molecule has 5 nitrogen and oxygen atoms in total. The van der Waals surface area contributed by atoms with Gasteiger partial charge in [-0.2, -0.15) is 0 Å². The number of amides is 1. The monoisotopic (exact) mass is 318 g/mol. The third-order valence-electron chi connectivity index (χ3n) is 3.59. The minimum absolute atomic E-state index is 0.178. The molecule has 1 aliphatic heterocycles. The fraction of sp³-hybridized carbons (Fsp3) is 0.250. The average Bonchev–Trinajstić information content (AvgIpc) is 2.49. The highest BCUT2D eigenvalue weighted by atomic mass is 35.5. The number of hydrogen-bond acceptors (Lipinski definition) is 3. The van der Waals surface area contributed by atoms with Crippen molar-refractivity contribution in [2.45, 2.75) is 13.0 Å². The van der Waals surface area contributed by atoms with Gasteiger partial charge in [0.15, 0.2) is 5.75 Å². The number of carbonyl (C=O) groups excluding carboxylic acids is 1. The van der Waals surface area contributed by atoms with E-state index in [1.54, 1.807) is 42.4 Å². The quantitative estimate of drug-likeness (QED) is 0.811. The third-order valence-corrected chi connectivity index (χ3v) is 3.89. The zero-order valence-corrected chi connectivity index (χ0v) is 13.0. The Morgan fingerprint density at radius 1 is 1.36 bits per heavy atom. The van der Waals surface area contributed by atoms with Gasteiger partial charge in [-0.1, -0.05) is 17.7 Å². The number of pyridine rings is 1. The molecule has 0 radical (unpaired) electrons. The van der Waals surface area contributed by atoms with Crippen molar-refractivity contribution in [3.05, 3.63) is 57.5 Å². The molecule has 1 atom stereocenters. The van der Waals surface area contributed by atoms with Gasteiger partial charge in [0, 0.05) is 24.9 Å². The summed E-state index contributed by atoms with van der Waals surface area (Å²) in [5, 5.41) is 0.464. The van der Waals surface area contributed by atoms with E-state index in [0.29, 0.717) is 28.6 Å². The Balaban J connectivity index is 2.05. The minimum Gasteiger partial charge on any atom is -0.485 e. The molecular weight excluding hydrogens is 304 g/mol. The van der Waals surface area contributed by atoms with E-state index in [2.05, 4.69) is 0 Å². The van der Waals surface area contributed by atoms with Crippen LogP contribution in [0.5, 0.6) is 5.75 Å². The normalized spacial score (nSPS) is 16.9. The van der Waals surface area contributed by atoms with Crippen LogP contribution in [0.3, 0.4) is 0 Å². The van der Waals surface area contributed by atoms with Gasteiger partial charge in [0.1, 0.15) is 6.10 Å². The van der Waals surface area contributed by atoms with E-state index < -0.39 is 0 Å². The molecule has 2 aromatic rings. The Hall–Kier alpha value is -2.27. The molecule has 1 amide bonds. The molecule has 0 N–H and O–H groups in total.